The van der Waals surface area contributed by atoms with Crippen molar-refractivity contribution in [2.24, 2.45) is 4.99 Å². The number of amidine groups is 1. The number of hydrogen-bond acceptors (Lipinski definition) is 7. The molecule has 1 aliphatic heterocycles. The topological polar surface area (TPSA) is 115 Å². The van der Waals surface area contributed by atoms with Crippen LogP contribution in [0.3, 0.4) is 0 Å². The minimum Gasteiger partial charge on any atom is -0.377 e. The van der Waals surface area contributed by atoms with E-state index in [1.54, 1.807) is 0 Å². The molecular formula is C28H23F4N7O3S. The second-order valence-electron chi connectivity index (χ2n) is 9.22. The Labute approximate surface area is 246 Å². The van der Waals surface area contributed by atoms with Crippen LogP contribution >= 0.6 is 11.8 Å². The molecule has 4 aromatic rings. The molecule has 0 radical (unpaired) electrons. The van der Waals surface area contributed by atoms with Gasteiger partial charge in [0.25, 0.3) is 0 Å². The Kier molecular flexibility index (Phi) is 8.54. The Morgan fingerprint density at radius 2 is 1.95 bits per heavy atom. The molecule has 2 aromatic carbocycles. The molecule has 5 rings (SSSR count). The molecule has 10 nitrogen and oxygen atoms in total. The van der Waals surface area contributed by atoms with Crippen molar-refractivity contribution in [1.82, 2.24) is 19.7 Å². The quantitative estimate of drug-likeness (QED) is 0.254. The molecule has 0 aliphatic carbocycles. The SMILES string of the molecule is CCOCc1ccc(C)cc1N1C(=O)CS/C1=N\C(=O)Nc1ccc(-c2ncn(-c3ccc(C(F)(F)F)cn3)n2)cc1F. The van der Waals surface area contributed by atoms with Crippen LogP contribution in [0.5, 0.6) is 0 Å². The van der Waals surface area contributed by atoms with E-state index in [1.165, 1.54) is 23.4 Å². The largest absolute Gasteiger partial charge is 0.417 e. The normalized spacial score (nSPS) is 14.5. The van der Waals surface area contributed by atoms with Crippen LogP contribution in [-0.2, 0) is 22.3 Å². The van der Waals surface area contributed by atoms with Crippen LogP contribution in [0.25, 0.3) is 17.2 Å². The number of aromatic nitrogens is 4. The van der Waals surface area contributed by atoms with Crippen LogP contribution in [0.15, 0.2) is 66.0 Å². The van der Waals surface area contributed by atoms with Crippen molar-refractivity contribution in [3.63, 3.8) is 0 Å². The van der Waals surface area contributed by atoms with E-state index in [0.717, 1.165) is 45.8 Å². The maximum atomic E-state index is 15.0. The number of thioether (sulfide) groups is 1. The smallest absolute Gasteiger partial charge is 0.377 e. The number of rotatable bonds is 7. The number of carbonyl (C=O) groups is 2. The Hall–Kier alpha value is -4.63. The fourth-order valence-electron chi connectivity index (χ4n) is 4.08. The number of aliphatic imine (C=N–C) groups is 1. The van der Waals surface area contributed by atoms with Gasteiger partial charge in [-0.15, -0.1) is 5.10 Å². The number of urea groups is 1. The summed E-state index contributed by atoms with van der Waals surface area (Å²) in [7, 11) is 0. The first-order valence-electron chi connectivity index (χ1n) is 12.8. The highest BCUT2D eigenvalue weighted by molar-refractivity contribution is 8.15. The van der Waals surface area contributed by atoms with E-state index in [9.17, 15) is 27.2 Å². The van der Waals surface area contributed by atoms with Gasteiger partial charge in [-0.2, -0.15) is 18.2 Å². The Morgan fingerprint density at radius 1 is 1.14 bits per heavy atom. The molecule has 222 valence electrons. The van der Waals surface area contributed by atoms with Gasteiger partial charge >= 0.3 is 12.2 Å². The summed E-state index contributed by atoms with van der Waals surface area (Å²) < 4.78 is 60.1. The zero-order chi connectivity index (χ0) is 30.7. The lowest BCUT2D eigenvalue weighted by Gasteiger charge is -2.20. The first-order valence-corrected chi connectivity index (χ1v) is 13.8. The summed E-state index contributed by atoms with van der Waals surface area (Å²) in [5, 5.41) is 6.69. The number of aryl methyl sites for hydroxylation is 1. The lowest BCUT2D eigenvalue weighted by molar-refractivity contribution is -0.137. The van der Waals surface area contributed by atoms with Gasteiger partial charge in [0.2, 0.25) is 5.91 Å². The number of ether oxygens (including phenoxy) is 1. The average molecular weight is 614 g/mol. The van der Waals surface area contributed by atoms with Gasteiger partial charge < -0.3 is 10.1 Å². The van der Waals surface area contributed by atoms with Gasteiger partial charge in [0, 0.05) is 23.9 Å². The molecule has 1 aliphatic rings. The van der Waals surface area contributed by atoms with Gasteiger partial charge in [-0.1, -0.05) is 23.9 Å². The van der Waals surface area contributed by atoms with Gasteiger partial charge in [-0.25, -0.2) is 23.8 Å². The second-order valence-corrected chi connectivity index (χ2v) is 10.2. The van der Waals surface area contributed by atoms with E-state index in [-0.39, 0.29) is 46.3 Å². The van der Waals surface area contributed by atoms with Crippen LogP contribution in [0.1, 0.15) is 23.6 Å². The highest BCUT2D eigenvalue weighted by Gasteiger charge is 2.32. The zero-order valence-electron chi connectivity index (χ0n) is 22.7. The molecule has 43 heavy (non-hydrogen) atoms. The van der Waals surface area contributed by atoms with Gasteiger partial charge in [0.05, 0.1) is 29.3 Å². The predicted octanol–water partition coefficient (Wildman–Crippen LogP) is 6.00. The molecule has 15 heteroatoms. The average Bonchev–Trinajstić information content (AvgIpc) is 3.60. The van der Waals surface area contributed by atoms with E-state index in [1.807, 2.05) is 32.0 Å². The predicted molar refractivity (Wildman–Crippen MR) is 152 cm³/mol. The van der Waals surface area contributed by atoms with Crippen molar-refractivity contribution in [3.8, 4) is 17.2 Å². The highest BCUT2D eigenvalue weighted by Crippen LogP contribution is 2.32. The highest BCUT2D eigenvalue weighted by atomic mass is 32.2. The number of anilines is 2. The van der Waals surface area contributed by atoms with E-state index < -0.39 is 23.6 Å². The number of amides is 3. The third kappa shape index (κ3) is 6.73. The fourth-order valence-corrected chi connectivity index (χ4v) is 4.94. The maximum Gasteiger partial charge on any atom is 0.417 e. The van der Waals surface area contributed by atoms with Crippen molar-refractivity contribution in [3.05, 3.63) is 83.6 Å². The van der Waals surface area contributed by atoms with Crippen molar-refractivity contribution in [1.29, 1.82) is 0 Å². The summed E-state index contributed by atoms with van der Waals surface area (Å²) in [6.07, 6.45) is -2.62. The molecule has 0 unspecified atom stereocenters. The summed E-state index contributed by atoms with van der Waals surface area (Å²) in [6.45, 7) is 4.49. The molecule has 3 heterocycles. The number of nitrogens with one attached hydrogen (secondary N) is 1. The standard InChI is InChI=1S/C28H23F4N7O3S/c1-3-42-13-18-5-4-16(2)10-22(18)39-24(40)14-43-27(39)36-26(41)35-21-8-6-17(11-20(21)29)25-34-15-38(37-25)23-9-7-19(12-33-23)28(30,31)32/h4-12,15H,3,13-14H2,1-2H3,(H,35,41)/b36-27-. The number of hydrogen-bond donors (Lipinski definition) is 1. The monoisotopic (exact) mass is 613 g/mol. The van der Waals surface area contributed by atoms with Crippen molar-refractivity contribution < 1.29 is 31.9 Å². The number of pyridine rings is 1. The third-order valence-electron chi connectivity index (χ3n) is 6.18. The molecule has 0 spiro atoms. The molecule has 0 atom stereocenters. The van der Waals surface area contributed by atoms with Crippen molar-refractivity contribution in [2.75, 3.05) is 22.6 Å². The number of nitrogens with zero attached hydrogens (tertiary/aromatic N) is 6. The van der Waals surface area contributed by atoms with E-state index in [4.69, 9.17) is 4.74 Å². The van der Waals surface area contributed by atoms with Crippen LogP contribution in [0, 0.1) is 12.7 Å². The van der Waals surface area contributed by atoms with Crippen LogP contribution in [0.4, 0.5) is 33.7 Å². The van der Waals surface area contributed by atoms with Crippen LogP contribution < -0.4 is 10.2 Å². The van der Waals surface area contributed by atoms with Gasteiger partial charge in [-0.05, 0) is 55.8 Å². The molecule has 0 bridgehead atoms. The molecular weight excluding hydrogens is 590 g/mol. The van der Waals surface area contributed by atoms with Gasteiger partial charge in [0.1, 0.15) is 12.1 Å². The first kappa shape index (κ1) is 29.8. The minimum atomic E-state index is -4.53. The summed E-state index contributed by atoms with van der Waals surface area (Å²) in [5.41, 5.74) is 1.38. The summed E-state index contributed by atoms with van der Waals surface area (Å²) in [5.74, 6) is -0.813. The molecule has 3 amide bonds. The molecule has 1 fully saturated rings. The fraction of sp³-hybridized carbons (Fsp3) is 0.214. The Balaban J connectivity index is 1.32. The second kappa shape index (κ2) is 12.3. The summed E-state index contributed by atoms with van der Waals surface area (Å²) >= 11 is 1.09. The van der Waals surface area contributed by atoms with Crippen LogP contribution in [-0.4, -0.2) is 49.2 Å². The van der Waals surface area contributed by atoms with E-state index in [2.05, 4.69) is 25.4 Å². The number of benzene rings is 2. The lowest BCUT2D eigenvalue weighted by Crippen LogP contribution is -2.31. The van der Waals surface area contributed by atoms with Gasteiger partial charge in [-0.3, -0.25) is 9.69 Å². The van der Waals surface area contributed by atoms with Crippen LogP contribution in [0.2, 0.25) is 0 Å². The molecule has 2 aromatic heterocycles. The summed E-state index contributed by atoms with van der Waals surface area (Å²) in [4.78, 5) is 38.8. The number of alkyl halides is 3. The van der Waals surface area contributed by atoms with E-state index >= 15 is 0 Å². The maximum absolute atomic E-state index is 15.0. The lowest BCUT2D eigenvalue weighted by atomic mass is 10.1. The van der Waals surface area contributed by atoms with Crippen molar-refractivity contribution >= 4 is 40.2 Å². The molecule has 1 saturated heterocycles. The molecule has 1 N–H and O–H groups in total. The third-order valence-corrected chi connectivity index (χ3v) is 7.10. The Bertz CT molecular complexity index is 1710. The van der Waals surface area contributed by atoms with E-state index in [0.29, 0.717) is 18.5 Å². The van der Waals surface area contributed by atoms with Gasteiger partial charge in [0.15, 0.2) is 16.8 Å². The van der Waals surface area contributed by atoms with Crippen molar-refractivity contribution in [2.45, 2.75) is 26.6 Å². The Morgan fingerprint density at radius 3 is 2.65 bits per heavy atom. The summed E-state index contributed by atoms with van der Waals surface area (Å²) in [6, 6.07) is 10.5. The number of carbonyl (C=O) groups excluding carboxylic acids is 2. The minimum absolute atomic E-state index is 0.0799. The number of halogens is 4. The first-order chi connectivity index (χ1) is 20.5. The zero-order valence-corrected chi connectivity index (χ0v) is 23.5. The molecule has 0 saturated carbocycles.